The third-order valence-corrected chi connectivity index (χ3v) is 4.97. The summed E-state index contributed by atoms with van der Waals surface area (Å²) in [5.41, 5.74) is 6.29. The minimum atomic E-state index is -0.527. The minimum Gasteiger partial charge on any atom is -0.416 e. The molecular formula is C12H8N4O2S3. The molecule has 0 saturated carbocycles. The highest BCUT2D eigenvalue weighted by Crippen LogP contribution is 2.30. The molecular weight excluding hydrogens is 328 g/mol. The van der Waals surface area contributed by atoms with E-state index in [9.17, 15) is 4.79 Å². The van der Waals surface area contributed by atoms with Gasteiger partial charge >= 0.3 is 0 Å². The average molecular weight is 336 g/mol. The Bertz CT molecular complexity index is 794. The molecule has 3 aromatic rings. The van der Waals surface area contributed by atoms with Gasteiger partial charge in [-0.15, -0.1) is 22.7 Å². The van der Waals surface area contributed by atoms with Gasteiger partial charge in [0.05, 0.1) is 15.6 Å². The van der Waals surface area contributed by atoms with Crippen LogP contribution in [-0.4, -0.2) is 21.0 Å². The fourth-order valence-electron chi connectivity index (χ4n) is 1.49. The third-order valence-electron chi connectivity index (χ3n) is 2.35. The van der Waals surface area contributed by atoms with Crippen LogP contribution in [0.2, 0.25) is 0 Å². The average Bonchev–Trinajstić information content (AvgIpc) is 3.04. The molecule has 21 heavy (non-hydrogen) atoms. The second kappa shape index (κ2) is 5.80. The summed E-state index contributed by atoms with van der Waals surface area (Å²) in [6.45, 7) is 0. The molecule has 0 aliphatic carbocycles. The number of nitrogens with zero attached hydrogens (tertiary/aromatic N) is 2. The van der Waals surface area contributed by atoms with E-state index in [1.165, 1.54) is 22.7 Å². The van der Waals surface area contributed by atoms with Crippen molar-refractivity contribution in [2.45, 2.75) is 4.34 Å². The van der Waals surface area contributed by atoms with E-state index in [-0.39, 0.29) is 5.88 Å². The Hall–Kier alpha value is -1.97. The number of nitrogens with one attached hydrogen (secondary N) is 1. The first-order valence-electron chi connectivity index (χ1n) is 5.67. The number of hydrogen-bond acceptors (Lipinski definition) is 9. The van der Waals surface area contributed by atoms with E-state index in [2.05, 4.69) is 9.97 Å². The van der Waals surface area contributed by atoms with Crippen LogP contribution in [0.4, 0.5) is 5.13 Å². The van der Waals surface area contributed by atoms with Crippen LogP contribution < -0.4 is 10.5 Å². The molecule has 6 nitrogen and oxygen atoms in total. The van der Waals surface area contributed by atoms with Crippen molar-refractivity contribution in [2.75, 3.05) is 5.73 Å². The maximum atomic E-state index is 11.9. The van der Waals surface area contributed by atoms with Gasteiger partial charge in [-0.1, -0.05) is 12.1 Å². The van der Waals surface area contributed by atoms with Crippen molar-refractivity contribution >= 4 is 60.8 Å². The van der Waals surface area contributed by atoms with Gasteiger partial charge in [-0.25, -0.2) is 4.98 Å². The van der Waals surface area contributed by atoms with Gasteiger partial charge in [0.1, 0.15) is 0 Å². The number of carbonyl (C=O) groups is 1. The summed E-state index contributed by atoms with van der Waals surface area (Å²) in [4.78, 5) is 20.1. The Morgan fingerprint density at radius 3 is 2.86 bits per heavy atom. The summed E-state index contributed by atoms with van der Waals surface area (Å²) in [7, 11) is 0. The van der Waals surface area contributed by atoms with E-state index in [0.29, 0.717) is 9.47 Å². The number of para-hydroxylation sites is 1. The Balaban J connectivity index is 1.69. The number of nitrogen functional groups attached to an aromatic ring is 1. The van der Waals surface area contributed by atoms with Crippen LogP contribution in [0.15, 0.2) is 34.0 Å². The minimum absolute atomic E-state index is 0.153. The summed E-state index contributed by atoms with van der Waals surface area (Å²) < 4.78 is 6.62. The second-order valence-corrected chi connectivity index (χ2v) is 6.93. The van der Waals surface area contributed by atoms with Crippen LogP contribution in [0.25, 0.3) is 10.2 Å². The molecule has 3 N–H and O–H groups in total. The molecule has 106 valence electrons. The largest absolute Gasteiger partial charge is 0.416 e. The number of aromatic nitrogens is 2. The Morgan fingerprint density at radius 1 is 1.33 bits per heavy atom. The molecule has 0 amide bonds. The highest BCUT2D eigenvalue weighted by Gasteiger charge is 2.17. The van der Waals surface area contributed by atoms with Crippen molar-refractivity contribution in [3.63, 3.8) is 0 Å². The van der Waals surface area contributed by atoms with E-state index >= 15 is 0 Å². The maximum absolute atomic E-state index is 11.9. The van der Waals surface area contributed by atoms with Crippen LogP contribution >= 0.6 is 34.4 Å². The number of nitrogens with two attached hydrogens (primary N) is 1. The van der Waals surface area contributed by atoms with Crippen molar-refractivity contribution in [1.82, 2.24) is 9.97 Å². The molecule has 2 aromatic heterocycles. The molecule has 0 fully saturated rings. The van der Waals surface area contributed by atoms with E-state index in [1.54, 1.807) is 5.38 Å². The summed E-state index contributed by atoms with van der Waals surface area (Å²) >= 11 is 3.45. The number of rotatable bonds is 2. The molecule has 3 rings (SSSR count). The number of hydrogen-bond donors (Lipinski definition) is 2. The first-order valence-corrected chi connectivity index (χ1v) is 8.18. The molecule has 0 radical (unpaired) electrons. The summed E-state index contributed by atoms with van der Waals surface area (Å²) in [6, 6.07) is 7.60. The lowest BCUT2D eigenvalue weighted by Gasteiger charge is -2.00. The van der Waals surface area contributed by atoms with Crippen LogP contribution in [0.3, 0.4) is 0 Å². The van der Waals surface area contributed by atoms with Crippen LogP contribution in [0, 0.1) is 5.41 Å². The normalized spacial score (nSPS) is 10.7. The zero-order valence-corrected chi connectivity index (χ0v) is 12.8. The fraction of sp³-hybridized carbons (Fsp3) is 0. The number of carbonyl (C=O) groups excluding carboxylic acids is 1. The monoisotopic (exact) mass is 336 g/mol. The zero-order valence-electron chi connectivity index (χ0n) is 10.4. The third kappa shape index (κ3) is 3.20. The maximum Gasteiger partial charge on any atom is 0.280 e. The molecule has 0 spiro atoms. The van der Waals surface area contributed by atoms with Gasteiger partial charge in [0.15, 0.2) is 9.47 Å². The SMILES string of the molecule is N=C(Oc1csc(N)n1)C(=O)Sc1nc2ccccc2s1. The molecule has 2 heterocycles. The van der Waals surface area contributed by atoms with Crippen LogP contribution in [-0.2, 0) is 4.79 Å². The molecule has 0 aliphatic heterocycles. The summed E-state index contributed by atoms with van der Waals surface area (Å²) in [5.74, 6) is -0.342. The van der Waals surface area contributed by atoms with Crippen LogP contribution in [0.5, 0.6) is 5.88 Å². The lowest BCUT2D eigenvalue weighted by Crippen LogP contribution is -2.16. The standard InChI is InChI=1S/C12H8N4O2S3/c13-9(18-8-5-19-11(14)16-8)10(17)21-12-15-6-3-1-2-4-7(6)20-12/h1-5,13H,(H2,14,16). The number of anilines is 1. The molecule has 1 aromatic carbocycles. The molecule has 0 atom stereocenters. The van der Waals surface area contributed by atoms with E-state index < -0.39 is 11.0 Å². The van der Waals surface area contributed by atoms with E-state index in [0.717, 1.165) is 22.0 Å². The van der Waals surface area contributed by atoms with Gasteiger partial charge < -0.3 is 10.5 Å². The molecule has 9 heteroatoms. The fourth-order valence-corrected chi connectivity index (χ4v) is 3.75. The number of ether oxygens (including phenoxy) is 1. The number of thiazole rings is 2. The predicted octanol–water partition coefficient (Wildman–Crippen LogP) is 3.01. The number of thioether (sulfide) groups is 1. The van der Waals surface area contributed by atoms with Gasteiger partial charge in [-0.3, -0.25) is 10.2 Å². The van der Waals surface area contributed by atoms with Gasteiger partial charge in [0, 0.05) is 0 Å². The van der Waals surface area contributed by atoms with E-state index in [1.807, 2.05) is 24.3 Å². The van der Waals surface area contributed by atoms with Gasteiger partial charge in [-0.2, -0.15) is 4.98 Å². The molecule has 0 aliphatic rings. The van der Waals surface area contributed by atoms with Crippen molar-refractivity contribution in [3.8, 4) is 5.88 Å². The highest BCUT2D eigenvalue weighted by molar-refractivity contribution is 8.16. The zero-order chi connectivity index (χ0) is 14.8. The van der Waals surface area contributed by atoms with Gasteiger partial charge in [0.25, 0.3) is 11.0 Å². The Labute approximate surface area is 131 Å². The highest BCUT2D eigenvalue weighted by atomic mass is 32.2. The van der Waals surface area contributed by atoms with Crippen molar-refractivity contribution in [3.05, 3.63) is 29.6 Å². The molecule has 0 saturated heterocycles. The lowest BCUT2D eigenvalue weighted by molar-refractivity contribution is -0.106. The smallest absolute Gasteiger partial charge is 0.280 e. The molecule has 0 bridgehead atoms. The quantitative estimate of drug-likeness (QED) is 0.424. The molecule has 0 unspecified atom stereocenters. The van der Waals surface area contributed by atoms with Crippen LogP contribution in [0.1, 0.15) is 0 Å². The predicted molar refractivity (Wildman–Crippen MR) is 85.4 cm³/mol. The van der Waals surface area contributed by atoms with E-state index in [4.69, 9.17) is 15.9 Å². The van der Waals surface area contributed by atoms with Gasteiger partial charge in [-0.05, 0) is 23.9 Å². The summed E-state index contributed by atoms with van der Waals surface area (Å²) in [6.07, 6.45) is 0. The first-order chi connectivity index (χ1) is 10.1. The second-order valence-electron chi connectivity index (χ2n) is 3.79. The Kier molecular flexibility index (Phi) is 3.86. The number of benzene rings is 1. The summed E-state index contributed by atoms with van der Waals surface area (Å²) in [5, 5.41) is 8.97. The van der Waals surface area contributed by atoms with Crippen molar-refractivity contribution in [1.29, 1.82) is 5.41 Å². The Morgan fingerprint density at radius 2 is 2.14 bits per heavy atom. The van der Waals surface area contributed by atoms with Gasteiger partial charge in [0.2, 0.25) is 5.88 Å². The van der Waals surface area contributed by atoms with Crippen molar-refractivity contribution < 1.29 is 9.53 Å². The first kappa shape index (κ1) is 14.0. The topological polar surface area (TPSA) is 102 Å². The van der Waals surface area contributed by atoms with Crippen molar-refractivity contribution in [2.24, 2.45) is 0 Å². The number of fused-ring (bicyclic) bond motifs is 1. The lowest BCUT2D eigenvalue weighted by atomic mass is 10.3.